The van der Waals surface area contributed by atoms with Crippen molar-refractivity contribution in [3.05, 3.63) is 17.0 Å². The summed E-state index contributed by atoms with van der Waals surface area (Å²) in [7, 11) is 0. The van der Waals surface area contributed by atoms with E-state index in [4.69, 9.17) is 0 Å². The lowest BCUT2D eigenvalue weighted by Gasteiger charge is -2.17. The summed E-state index contributed by atoms with van der Waals surface area (Å²) in [6.07, 6.45) is 2.32. The predicted molar refractivity (Wildman–Crippen MR) is 86.4 cm³/mol. The fraction of sp³-hybridized carbons (Fsp3) is 0.812. The summed E-state index contributed by atoms with van der Waals surface area (Å²) in [6, 6.07) is 0. The quantitative estimate of drug-likeness (QED) is 0.668. The Morgan fingerprint density at radius 3 is 2.35 bits per heavy atom. The van der Waals surface area contributed by atoms with E-state index in [0.29, 0.717) is 0 Å². The van der Waals surface area contributed by atoms with Gasteiger partial charge in [-0.05, 0) is 71.9 Å². The summed E-state index contributed by atoms with van der Waals surface area (Å²) in [6.45, 7) is 17.5. The van der Waals surface area contributed by atoms with Gasteiger partial charge >= 0.3 is 0 Å². The molecule has 0 unspecified atom stereocenters. The smallest absolute Gasteiger partial charge is 0.0628 e. The van der Waals surface area contributed by atoms with Gasteiger partial charge in [-0.2, -0.15) is 5.10 Å². The second-order valence-corrected chi connectivity index (χ2v) is 5.35. The average molecular weight is 280 g/mol. The van der Waals surface area contributed by atoms with Gasteiger partial charge < -0.3 is 10.2 Å². The van der Waals surface area contributed by atoms with E-state index in [0.717, 1.165) is 39.1 Å². The zero-order valence-corrected chi connectivity index (χ0v) is 14.0. The molecule has 1 aromatic rings. The first-order valence-electron chi connectivity index (χ1n) is 8.09. The van der Waals surface area contributed by atoms with Crippen LogP contribution in [0.1, 0.15) is 44.1 Å². The SMILES string of the molecule is CCN(CC)CCCNCCc1c(C)nn(CC)c1C. The summed E-state index contributed by atoms with van der Waals surface area (Å²) in [5.74, 6) is 0. The van der Waals surface area contributed by atoms with Gasteiger partial charge in [-0.25, -0.2) is 0 Å². The van der Waals surface area contributed by atoms with E-state index < -0.39 is 0 Å². The van der Waals surface area contributed by atoms with E-state index in [1.165, 1.54) is 29.9 Å². The third kappa shape index (κ3) is 4.91. The molecule has 4 heteroatoms. The van der Waals surface area contributed by atoms with E-state index in [1.54, 1.807) is 0 Å². The Balaban J connectivity index is 2.23. The highest BCUT2D eigenvalue weighted by molar-refractivity contribution is 5.24. The van der Waals surface area contributed by atoms with Crippen LogP contribution < -0.4 is 5.32 Å². The molecule has 0 spiro atoms. The molecule has 1 N–H and O–H groups in total. The zero-order chi connectivity index (χ0) is 15.0. The predicted octanol–water partition coefficient (Wildman–Crippen LogP) is 2.38. The normalized spacial score (nSPS) is 11.5. The third-order valence-electron chi connectivity index (χ3n) is 4.10. The summed E-state index contributed by atoms with van der Waals surface area (Å²) in [5, 5.41) is 8.13. The maximum absolute atomic E-state index is 4.57. The van der Waals surface area contributed by atoms with Crippen molar-refractivity contribution in [1.29, 1.82) is 0 Å². The average Bonchev–Trinajstić information content (AvgIpc) is 2.73. The maximum atomic E-state index is 4.57. The van der Waals surface area contributed by atoms with Crippen molar-refractivity contribution >= 4 is 0 Å². The van der Waals surface area contributed by atoms with Crippen molar-refractivity contribution in [1.82, 2.24) is 20.0 Å². The highest BCUT2D eigenvalue weighted by atomic mass is 15.3. The summed E-state index contributed by atoms with van der Waals surface area (Å²) in [5.41, 5.74) is 3.94. The number of rotatable bonds is 10. The van der Waals surface area contributed by atoms with Crippen LogP contribution in [0.5, 0.6) is 0 Å². The molecule has 0 aliphatic rings. The van der Waals surface area contributed by atoms with E-state index in [1.807, 2.05) is 0 Å². The highest BCUT2D eigenvalue weighted by Gasteiger charge is 2.09. The summed E-state index contributed by atoms with van der Waals surface area (Å²) < 4.78 is 2.10. The molecule has 0 saturated carbocycles. The van der Waals surface area contributed by atoms with Gasteiger partial charge in [0, 0.05) is 12.2 Å². The van der Waals surface area contributed by atoms with E-state index in [9.17, 15) is 0 Å². The van der Waals surface area contributed by atoms with Crippen molar-refractivity contribution in [2.75, 3.05) is 32.7 Å². The molecule has 116 valence electrons. The molecule has 0 bridgehead atoms. The molecule has 4 nitrogen and oxygen atoms in total. The molecule has 0 fully saturated rings. The van der Waals surface area contributed by atoms with Crippen molar-refractivity contribution < 1.29 is 0 Å². The van der Waals surface area contributed by atoms with Crippen LogP contribution in [0.3, 0.4) is 0 Å². The maximum Gasteiger partial charge on any atom is 0.0628 e. The fourth-order valence-corrected chi connectivity index (χ4v) is 2.71. The monoisotopic (exact) mass is 280 g/mol. The summed E-state index contributed by atoms with van der Waals surface area (Å²) in [4.78, 5) is 2.47. The number of hydrogen-bond acceptors (Lipinski definition) is 3. The first kappa shape index (κ1) is 17.2. The zero-order valence-electron chi connectivity index (χ0n) is 14.0. The largest absolute Gasteiger partial charge is 0.316 e. The van der Waals surface area contributed by atoms with Crippen LogP contribution in [-0.4, -0.2) is 47.4 Å². The number of hydrogen-bond donors (Lipinski definition) is 1. The number of nitrogens with zero attached hydrogens (tertiary/aromatic N) is 3. The van der Waals surface area contributed by atoms with Crippen molar-refractivity contribution in [3.63, 3.8) is 0 Å². The molecule has 0 radical (unpaired) electrons. The number of aryl methyl sites for hydroxylation is 2. The molecule has 0 aliphatic carbocycles. The molecule has 0 aromatic carbocycles. The number of aromatic nitrogens is 2. The van der Waals surface area contributed by atoms with E-state index in [-0.39, 0.29) is 0 Å². The van der Waals surface area contributed by atoms with Crippen molar-refractivity contribution in [2.45, 2.75) is 54.0 Å². The lowest BCUT2D eigenvalue weighted by Crippen LogP contribution is -2.27. The summed E-state index contributed by atoms with van der Waals surface area (Å²) >= 11 is 0. The van der Waals surface area contributed by atoms with Gasteiger partial charge in [-0.1, -0.05) is 13.8 Å². The Labute approximate surface area is 124 Å². The molecular weight excluding hydrogens is 248 g/mol. The minimum absolute atomic E-state index is 0.962. The Bertz CT molecular complexity index is 380. The molecule has 0 atom stereocenters. The van der Waals surface area contributed by atoms with Crippen LogP contribution >= 0.6 is 0 Å². The van der Waals surface area contributed by atoms with Crippen LogP contribution in [-0.2, 0) is 13.0 Å². The van der Waals surface area contributed by atoms with Crippen LogP contribution in [0, 0.1) is 13.8 Å². The van der Waals surface area contributed by atoms with Gasteiger partial charge in [0.1, 0.15) is 0 Å². The second kappa shape index (κ2) is 9.14. The molecule has 1 aromatic heterocycles. The molecule has 1 heterocycles. The van der Waals surface area contributed by atoms with Crippen LogP contribution in [0.15, 0.2) is 0 Å². The van der Waals surface area contributed by atoms with Crippen molar-refractivity contribution in [2.24, 2.45) is 0 Å². The van der Waals surface area contributed by atoms with Crippen LogP contribution in [0.2, 0.25) is 0 Å². The number of nitrogens with one attached hydrogen (secondary N) is 1. The Hall–Kier alpha value is -0.870. The molecule has 1 rings (SSSR count). The van der Waals surface area contributed by atoms with Crippen LogP contribution in [0.25, 0.3) is 0 Å². The Kier molecular flexibility index (Phi) is 7.85. The van der Waals surface area contributed by atoms with E-state index in [2.05, 4.69) is 54.6 Å². The van der Waals surface area contributed by atoms with Gasteiger partial charge in [0.05, 0.1) is 5.69 Å². The molecule has 0 saturated heterocycles. The Morgan fingerprint density at radius 1 is 1.10 bits per heavy atom. The molecular formula is C16H32N4. The minimum atomic E-state index is 0.962. The third-order valence-corrected chi connectivity index (χ3v) is 4.10. The lowest BCUT2D eigenvalue weighted by atomic mass is 10.1. The van der Waals surface area contributed by atoms with E-state index >= 15 is 0 Å². The first-order chi connectivity index (χ1) is 9.63. The van der Waals surface area contributed by atoms with Crippen LogP contribution in [0.4, 0.5) is 0 Å². The van der Waals surface area contributed by atoms with Gasteiger partial charge in [0.25, 0.3) is 0 Å². The first-order valence-corrected chi connectivity index (χ1v) is 8.09. The lowest BCUT2D eigenvalue weighted by molar-refractivity contribution is 0.298. The minimum Gasteiger partial charge on any atom is -0.316 e. The van der Waals surface area contributed by atoms with Gasteiger partial charge in [0.2, 0.25) is 0 Å². The molecule has 0 aliphatic heterocycles. The topological polar surface area (TPSA) is 33.1 Å². The highest BCUT2D eigenvalue weighted by Crippen LogP contribution is 2.13. The van der Waals surface area contributed by atoms with Crippen molar-refractivity contribution in [3.8, 4) is 0 Å². The fourth-order valence-electron chi connectivity index (χ4n) is 2.71. The molecule has 0 amide bonds. The Morgan fingerprint density at radius 2 is 1.80 bits per heavy atom. The van der Waals surface area contributed by atoms with Gasteiger partial charge in [-0.3, -0.25) is 4.68 Å². The molecule has 20 heavy (non-hydrogen) atoms. The second-order valence-electron chi connectivity index (χ2n) is 5.35. The van der Waals surface area contributed by atoms with Gasteiger partial charge in [0.15, 0.2) is 0 Å². The standard InChI is InChI=1S/C16H32N4/c1-6-19(7-2)13-9-11-17-12-10-16-14(4)18-20(8-3)15(16)5/h17H,6-13H2,1-5H3. The van der Waals surface area contributed by atoms with Gasteiger partial charge in [-0.15, -0.1) is 0 Å².